The highest BCUT2D eigenvalue weighted by atomic mass is 35.5. The fourth-order valence-electron chi connectivity index (χ4n) is 4.26. The molecule has 0 aliphatic heterocycles. The minimum Gasteiger partial charge on any atom is -0.478 e. The van der Waals surface area contributed by atoms with E-state index in [9.17, 15) is 14.7 Å². The first-order valence-electron chi connectivity index (χ1n) is 11.5. The van der Waals surface area contributed by atoms with E-state index in [-0.39, 0.29) is 17.2 Å². The van der Waals surface area contributed by atoms with Crippen LogP contribution in [0.2, 0.25) is 10.0 Å². The number of rotatable bonds is 6. The van der Waals surface area contributed by atoms with E-state index in [1.165, 1.54) is 6.07 Å². The van der Waals surface area contributed by atoms with Crippen molar-refractivity contribution in [1.29, 1.82) is 0 Å². The van der Waals surface area contributed by atoms with Crippen LogP contribution in [0.3, 0.4) is 0 Å². The van der Waals surface area contributed by atoms with Crippen molar-refractivity contribution in [2.45, 2.75) is 13.0 Å². The molecular weight excluding hydrogens is 509 g/mol. The number of hydrogen-bond donors (Lipinski definition) is 3. The Balaban J connectivity index is 1.53. The van der Waals surface area contributed by atoms with Gasteiger partial charge in [-0.2, -0.15) is 0 Å². The molecule has 5 rings (SSSR count). The number of H-pyrrole nitrogens is 1. The Kier molecular flexibility index (Phi) is 6.70. The third kappa shape index (κ3) is 5.07. The summed E-state index contributed by atoms with van der Waals surface area (Å²) in [5.41, 5.74) is 4.38. The van der Waals surface area contributed by atoms with Crippen molar-refractivity contribution < 1.29 is 14.7 Å². The van der Waals surface area contributed by atoms with Crippen molar-refractivity contribution in [2.75, 3.05) is 0 Å². The third-order valence-corrected chi connectivity index (χ3v) is 6.59. The van der Waals surface area contributed by atoms with E-state index in [1.807, 2.05) is 43.3 Å². The van der Waals surface area contributed by atoms with E-state index in [0.29, 0.717) is 32.6 Å². The van der Waals surface area contributed by atoms with E-state index in [0.717, 1.165) is 16.6 Å². The van der Waals surface area contributed by atoms with Crippen LogP contribution < -0.4 is 5.32 Å². The zero-order valence-corrected chi connectivity index (χ0v) is 21.1. The van der Waals surface area contributed by atoms with Gasteiger partial charge in [-0.3, -0.25) is 4.79 Å². The van der Waals surface area contributed by atoms with Crippen molar-refractivity contribution in [2.24, 2.45) is 0 Å². The van der Waals surface area contributed by atoms with Crippen LogP contribution in [0.5, 0.6) is 0 Å². The molecule has 6 nitrogen and oxygen atoms in total. The summed E-state index contributed by atoms with van der Waals surface area (Å²) >= 11 is 12.4. The van der Waals surface area contributed by atoms with Gasteiger partial charge in [0.25, 0.3) is 5.91 Å². The highest BCUT2D eigenvalue weighted by Gasteiger charge is 2.21. The number of amides is 1. The number of para-hydroxylation sites is 2. The molecule has 0 bridgehead atoms. The Bertz CT molecular complexity index is 1630. The average Bonchev–Trinajstić information content (AvgIpc) is 3.32. The number of carboxylic acids is 1. The van der Waals surface area contributed by atoms with Gasteiger partial charge in [-0.05, 0) is 78.2 Å². The zero-order chi connectivity index (χ0) is 26.1. The number of carbonyl (C=O) groups excluding carboxylic acids is 1. The monoisotopic (exact) mass is 529 g/mol. The Hall–Kier alpha value is -4.13. The second kappa shape index (κ2) is 10.1. The van der Waals surface area contributed by atoms with Crippen molar-refractivity contribution in [1.82, 2.24) is 15.3 Å². The molecule has 0 unspecified atom stereocenters. The number of halogens is 2. The zero-order valence-electron chi connectivity index (χ0n) is 19.6. The van der Waals surface area contributed by atoms with Gasteiger partial charge in [-0.15, -0.1) is 0 Å². The molecule has 0 aliphatic rings. The van der Waals surface area contributed by atoms with Gasteiger partial charge >= 0.3 is 5.97 Å². The van der Waals surface area contributed by atoms with Gasteiger partial charge in [0.2, 0.25) is 0 Å². The Morgan fingerprint density at radius 1 is 0.865 bits per heavy atom. The summed E-state index contributed by atoms with van der Waals surface area (Å²) in [5, 5.41) is 14.0. The Morgan fingerprint density at radius 3 is 2.38 bits per heavy atom. The molecule has 5 aromatic rings. The summed E-state index contributed by atoms with van der Waals surface area (Å²) in [6.07, 6.45) is 0. The van der Waals surface area contributed by atoms with E-state index in [4.69, 9.17) is 23.2 Å². The molecule has 0 radical (unpaired) electrons. The van der Waals surface area contributed by atoms with Crippen molar-refractivity contribution in [3.8, 4) is 22.5 Å². The maximum Gasteiger partial charge on any atom is 0.336 e. The number of carboxylic acid groups (broad SMARTS) is 1. The smallest absolute Gasteiger partial charge is 0.336 e. The van der Waals surface area contributed by atoms with E-state index < -0.39 is 11.9 Å². The number of nitrogens with zero attached hydrogens (tertiary/aromatic N) is 1. The van der Waals surface area contributed by atoms with Gasteiger partial charge < -0.3 is 15.4 Å². The first-order valence-corrected chi connectivity index (χ1v) is 12.2. The largest absolute Gasteiger partial charge is 0.478 e. The highest BCUT2D eigenvalue weighted by molar-refractivity contribution is 6.31. The molecule has 1 atom stereocenters. The molecule has 37 heavy (non-hydrogen) atoms. The third-order valence-electron chi connectivity index (χ3n) is 6.12. The van der Waals surface area contributed by atoms with Gasteiger partial charge in [0.15, 0.2) is 0 Å². The van der Waals surface area contributed by atoms with E-state index in [1.54, 1.807) is 42.5 Å². The molecular formula is C29H21Cl2N3O3. The quantitative estimate of drug-likeness (QED) is 0.213. The second-order valence-corrected chi connectivity index (χ2v) is 9.48. The van der Waals surface area contributed by atoms with Crippen LogP contribution in [-0.2, 0) is 0 Å². The molecule has 0 fully saturated rings. The topological polar surface area (TPSA) is 95.1 Å². The van der Waals surface area contributed by atoms with Crippen LogP contribution in [0, 0.1) is 0 Å². The number of benzene rings is 4. The summed E-state index contributed by atoms with van der Waals surface area (Å²) < 4.78 is 0. The minimum absolute atomic E-state index is 0.0253. The fraction of sp³-hybridized carbons (Fsp3) is 0.0690. The number of imidazole rings is 1. The predicted molar refractivity (Wildman–Crippen MR) is 146 cm³/mol. The number of hydrogen-bond acceptors (Lipinski definition) is 3. The maximum absolute atomic E-state index is 13.0. The summed E-state index contributed by atoms with van der Waals surface area (Å²) in [5.74, 6) is -0.977. The second-order valence-electron chi connectivity index (χ2n) is 8.61. The van der Waals surface area contributed by atoms with Gasteiger partial charge in [-0.25, -0.2) is 9.78 Å². The molecule has 8 heteroatoms. The molecule has 184 valence electrons. The maximum atomic E-state index is 13.0. The van der Waals surface area contributed by atoms with Gasteiger partial charge in [-0.1, -0.05) is 53.5 Å². The summed E-state index contributed by atoms with van der Waals surface area (Å²) in [6.45, 7) is 1.83. The van der Waals surface area contributed by atoms with Crippen LogP contribution in [0.15, 0.2) is 84.9 Å². The van der Waals surface area contributed by atoms with Crippen LogP contribution in [0.25, 0.3) is 33.5 Å². The Labute approximate surface area is 222 Å². The summed E-state index contributed by atoms with van der Waals surface area (Å²) in [4.78, 5) is 33.3. The lowest BCUT2D eigenvalue weighted by Gasteiger charge is -2.16. The standard InChI is InChI=1S/C29H21Cl2N3O3/c1-16(17-5-4-6-19(30)13-17)32-28(35)18-9-11-21(24(14-18)29(36)37)23-15-20(31)10-12-22(23)27-33-25-7-2-3-8-26(25)34-27/h2-16H,1H3,(H,32,35)(H,33,34)(H,36,37)/t16-/m1/s1. The minimum atomic E-state index is -1.16. The molecule has 0 saturated heterocycles. The molecule has 4 aromatic carbocycles. The van der Waals surface area contributed by atoms with E-state index >= 15 is 0 Å². The molecule has 0 spiro atoms. The van der Waals surface area contributed by atoms with Crippen molar-refractivity contribution >= 4 is 46.1 Å². The highest BCUT2D eigenvalue weighted by Crippen LogP contribution is 2.36. The Morgan fingerprint density at radius 2 is 1.62 bits per heavy atom. The molecule has 1 aromatic heterocycles. The number of carbonyl (C=O) groups is 2. The lowest BCUT2D eigenvalue weighted by Crippen LogP contribution is -2.26. The van der Waals surface area contributed by atoms with Gasteiger partial charge in [0.05, 0.1) is 22.6 Å². The SMILES string of the molecule is C[C@@H](NC(=O)c1ccc(-c2cc(Cl)ccc2-c2nc3ccccc3[nH]2)c(C(=O)O)c1)c1cccc(Cl)c1. The van der Waals surface area contributed by atoms with Gasteiger partial charge in [0.1, 0.15) is 5.82 Å². The van der Waals surface area contributed by atoms with Crippen LogP contribution >= 0.6 is 23.2 Å². The lowest BCUT2D eigenvalue weighted by atomic mass is 9.93. The number of aromatic nitrogens is 2. The normalized spacial score (nSPS) is 11.9. The van der Waals surface area contributed by atoms with Crippen molar-refractivity contribution in [3.63, 3.8) is 0 Å². The predicted octanol–water partition coefficient (Wildman–Crippen LogP) is 7.39. The van der Waals surface area contributed by atoms with Crippen LogP contribution in [0.1, 0.15) is 39.2 Å². The number of nitrogens with one attached hydrogen (secondary N) is 2. The lowest BCUT2D eigenvalue weighted by molar-refractivity contribution is 0.0697. The average molecular weight is 530 g/mol. The molecule has 1 heterocycles. The van der Waals surface area contributed by atoms with Crippen molar-refractivity contribution in [3.05, 3.63) is 112 Å². The molecule has 3 N–H and O–H groups in total. The first kappa shape index (κ1) is 24.6. The number of aromatic carboxylic acids is 1. The summed E-state index contributed by atoms with van der Waals surface area (Å²) in [7, 11) is 0. The molecule has 0 aliphatic carbocycles. The molecule has 1 amide bonds. The molecule has 0 saturated carbocycles. The first-order chi connectivity index (χ1) is 17.8. The summed E-state index contributed by atoms with van der Waals surface area (Å²) in [6, 6.07) is 24.3. The van der Waals surface area contributed by atoms with Crippen LogP contribution in [0.4, 0.5) is 0 Å². The van der Waals surface area contributed by atoms with E-state index in [2.05, 4.69) is 15.3 Å². The van der Waals surface area contributed by atoms with Crippen LogP contribution in [-0.4, -0.2) is 27.0 Å². The fourth-order valence-corrected chi connectivity index (χ4v) is 4.63. The number of fused-ring (bicyclic) bond motifs is 1. The number of aromatic amines is 1. The van der Waals surface area contributed by atoms with Gasteiger partial charge in [0, 0.05) is 21.2 Å².